The van der Waals surface area contributed by atoms with Gasteiger partial charge >= 0.3 is 0 Å². The van der Waals surface area contributed by atoms with Crippen molar-refractivity contribution in [3.8, 4) is 0 Å². The smallest absolute Gasteiger partial charge is 0.183 e. The van der Waals surface area contributed by atoms with E-state index < -0.39 is 0 Å². The molecule has 2 rings (SSSR count). The summed E-state index contributed by atoms with van der Waals surface area (Å²) in [6, 6.07) is 5.76. The summed E-state index contributed by atoms with van der Waals surface area (Å²) in [6.07, 6.45) is 0. The molecule has 0 amide bonds. The van der Waals surface area contributed by atoms with Crippen LogP contribution in [0.4, 0.5) is 0 Å². The Labute approximate surface area is 102 Å². The highest BCUT2D eigenvalue weighted by Gasteiger charge is 2.09. The maximum absolute atomic E-state index is 11.8. The maximum Gasteiger partial charge on any atom is 0.183 e. The van der Waals surface area contributed by atoms with E-state index in [0.29, 0.717) is 5.75 Å². The van der Waals surface area contributed by atoms with Crippen molar-refractivity contribution in [2.24, 2.45) is 7.05 Å². The third-order valence-corrected chi connectivity index (χ3v) is 4.10. The highest BCUT2D eigenvalue weighted by Crippen LogP contribution is 2.20. The minimum Gasteiger partial charge on any atom is -0.292 e. The molecule has 0 N–H and O–H groups in total. The first-order chi connectivity index (χ1) is 7.66. The van der Waals surface area contributed by atoms with Gasteiger partial charge in [-0.25, -0.2) is 0 Å². The Balaban J connectivity index is 1.98. The summed E-state index contributed by atoms with van der Waals surface area (Å²) in [6.45, 7) is 1.95. The van der Waals surface area contributed by atoms with Crippen molar-refractivity contribution in [3.05, 3.63) is 34.2 Å². The third-order valence-electron chi connectivity index (χ3n) is 2.11. The monoisotopic (exact) mass is 252 g/mol. The van der Waals surface area contributed by atoms with E-state index >= 15 is 0 Å². The number of rotatable bonds is 4. The summed E-state index contributed by atoms with van der Waals surface area (Å²) in [5.74, 6) is 0.651. The van der Waals surface area contributed by atoms with Gasteiger partial charge in [-0.15, -0.1) is 11.3 Å². The van der Waals surface area contributed by atoms with E-state index in [1.54, 1.807) is 0 Å². The number of thiophene rings is 1. The lowest BCUT2D eigenvalue weighted by molar-refractivity contribution is 0.102. The Hall–Kier alpha value is -1.07. The standard InChI is InChI=1S/C11H12N2OS2/c1-8-6-11(13(2)12-8)16-7-9(14)10-4-3-5-15-10/h3-6H,7H2,1-2H3. The highest BCUT2D eigenvalue weighted by atomic mass is 32.2. The van der Waals surface area contributed by atoms with Gasteiger partial charge in [-0.05, 0) is 24.4 Å². The normalized spacial score (nSPS) is 10.6. The second-order valence-electron chi connectivity index (χ2n) is 3.44. The molecule has 16 heavy (non-hydrogen) atoms. The number of nitrogens with zero attached hydrogens (tertiary/aromatic N) is 2. The van der Waals surface area contributed by atoms with E-state index in [1.165, 1.54) is 23.1 Å². The van der Waals surface area contributed by atoms with E-state index in [0.717, 1.165) is 15.6 Å². The minimum absolute atomic E-state index is 0.179. The molecular weight excluding hydrogens is 240 g/mol. The lowest BCUT2D eigenvalue weighted by Crippen LogP contribution is -2.01. The minimum atomic E-state index is 0.179. The van der Waals surface area contributed by atoms with Crippen molar-refractivity contribution in [2.75, 3.05) is 5.75 Å². The van der Waals surface area contributed by atoms with Crippen LogP contribution in [-0.2, 0) is 7.05 Å². The van der Waals surface area contributed by atoms with Crippen molar-refractivity contribution >= 4 is 28.9 Å². The fraction of sp³-hybridized carbons (Fsp3) is 0.273. The molecule has 84 valence electrons. The zero-order valence-electron chi connectivity index (χ0n) is 9.14. The van der Waals surface area contributed by atoms with Crippen LogP contribution in [0.3, 0.4) is 0 Å². The number of aryl methyl sites for hydroxylation is 2. The summed E-state index contributed by atoms with van der Waals surface area (Å²) in [4.78, 5) is 12.6. The molecule has 2 aromatic rings. The second kappa shape index (κ2) is 4.84. The topological polar surface area (TPSA) is 34.9 Å². The van der Waals surface area contributed by atoms with E-state index in [-0.39, 0.29) is 5.78 Å². The summed E-state index contributed by atoms with van der Waals surface area (Å²) >= 11 is 3.02. The summed E-state index contributed by atoms with van der Waals surface area (Å²) < 4.78 is 1.81. The molecular formula is C11H12N2OS2. The number of Topliss-reactive ketones (excluding diaryl/α,β-unsaturated/α-hetero) is 1. The van der Waals surface area contributed by atoms with E-state index in [9.17, 15) is 4.79 Å². The van der Waals surface area contributed by atoms with Gasteiger partial charge in [0.05, 0.1) is 21.3 Å². The van der Waals surface area contributed by atoms with Crippen LogP contribution >= 0.6 is 23.1 Å². The summed E-state index contributed by atoms with van der Waals surface area (Å²) in [5.41, 5.74) is 0.980. The van der Waals surface area contributed by atoms with Crippen molar-refractivity contribution < 1.29 is 4.79 Å². The zero-order valence-corrected chi connectivity index (χ0v) is 10.8. The van der Waals surface area contributed by atoms with E-state index in [4.69, 9.17) is 0 Å². The molecule has 0 saturated heterocycles. The number of carbonyl (C=O) groups is 1. The first-order valence-corrected chi connectivity index (χ1v) is 6.73. The average molecular weight is 252 g/mol. The SMILES string of the molecule is Cc1cc(SCC(=O)c2cccs2)n(C)n1. The molecule has 0 aromatic carbocycles. The Morgan fingerprint density at radius 3 is 3.00 bits per heavy atom. The number of aromatic nitrogens is 2. The number of hydrogen-bond donors (Lipinski definition) is 0. The van der Waals surface area contributed by atoms with Crippen LogP contribution in [0.5, 0.6) is 0 Å². The number of hydrogen-bond acceptors (Lipinski definition) is 4. The molecule has 3 nitrogen and oxygen atoms in total. The first-order valence-electron chi connectivity index (χ1n) is 4.87. The number of carbonyl (C=O) groups excluding carboxylic acids is 1. The Morgan fingerprint density at radius 2 is 2.44 bits per heavy atom. The van der Waals surface area contributed by atoms with E-state index in [1.807, 2.05) is 42.2 Å². The zero-order chi connectivity index (χ0) is 11.5. The van der Waals surface area contributed by atoms with Gasteiger partial charge < -0.3 is 0 Å². The molecule has 0 bridgehead atoms. The molecule has 2 heterocycles. The molecule has 0 saturated carbocycles. The Morgan fingerprint density at radius 1 is 1.62 bits per heavy atom. The van der Waals surface area contributed by atoms with Gasteiger partial charge in [0, 0.05) is 7.05 Å². The van der Waals surface area contributed by atoms with Crippen LogP contribution < -0.4 is 0 Å². The van der Waals surface area contributed by atoms with E-state index in [2.05, 4.69) is 5.10 Å². The third kappa shape index (κ3) is 2.54. The van der Waals surface area contributed by atoms with Crippen LogP contribution in [0.25, 0.3) is 0 Å². The summed E-state index contributed by atoms with van der Waals surface area (Å²) in [7, 11) is 1.89. The Kier molecular flexibility index (Phi) is 3.46. The van der Waals surface area contributed by atoms with Crippen LogP contribution in [0.2, 0.25) is 0 Å². The van der Waals surface area contributed by atoms with Gasteiger partial charge in [0.1, 0.15) is 0 Å². The fourth-order valence-electron chi connectivity index (χ4n) is 1.37. The second-order valence-corrected chi connectivity index (χ2v) is 5.38. The molecule has 0 unspecified atom stereocenters. The van der Waals surface area contributed by atoms with Gasteiger partial charge in [0.25, 0.3) is 0 Å². The van der Waals surface area contributed by atoms with Crippen LogP contribution in [0.1, 0.15) is 15.4 Å². The summed E-state index contributed by atoms with van der Waals surface area (Å²) in [5, 5.41) is 7.19. The molecule has 0 radical (unpaired) electrons. The van der Waals surface area contributed by atoms with Gasteiger partial charge in [-0.1, -0.05) is 17.8 Å². The Bertz CT molecular complexity index is 488. The highest BCUT2D eigenvalue weighted by molar-refractivity contribution is 8.00. The molecule has 0 aliphatic heterocycles. The van der Waals surface area contributed by atoms with Crippen molar-refractivity contribution in [3.63, 3.8) is 0 Å². The lowest BCUT2D eigenvalue weighted by Gasteiger charge is -1.99. The molecule has 0 atom stereocenters. The molecule has 0 spiro atoms. The number of thioether (sulfide) groups is 1. The van der Waals surface area contributed by atoms with Gasteiger partial charge in [-0.2, -0.15) is 5.10 Å². The molecule has 0 aliphatic rings. The first kappa shape index (κ1) is 11.4. The van der Waals surface area contributed by atoms with Crippen LogP contribution in [0, 0.1) is 6.92 Å². The fourth-order valence-corrected chi connectivity index (χ4v) is 3.04. The average Bonchev–Trinajstić information content (AvgIpc) is 2.84. The maximum atomic E-state index is 11.8. The van der Waals surface area contributed by atoms with Crippen molar-refractivity contribution in [1.29, 1.82) is 0 Å². The molecule has 0 fully saturated rings. The molecule has 5 heteroatoms. The van der Waals surface area contributed by atoms with Crippen LogP contribution in [0.15, 0.2) is 28.6 Å². The van der Waals surface area contributed by atoms with Crippen molar-refractivity contribution in [1.82, 2.24) is 9.78 Å². The predicted octanol–water partition coefficient (Wildman–Crippen LogP) is 2.77. The molecule has 0 aliphatic carbocycles. The number of ketones is 1. The predicted molar refractivity (Wildman–Crippen MR) is 67.3 cm³/mol. The van der Waals surface area contributed by atoms with Crippen molar-refractivity contribution in [2.45, 2.75) is 11.9 Å². The van der Waals surface area contributed by atoms with Crippen LogP contribution in [-0.4, -0.2) is 21.3 Å². The van der Waals surface area contributed by atoms with Gasteiger partial charge in [0.15, 0.2) is 5.78 Å². The quantitative estimate of drug-likeness (QED) is 0.620. The largest absolute Gasteiger partial charge is 0.292 e. The van der Waals surface area contributed by atoms with Gasteiger partial charge in [-0.3, -0.25) is 9.48 Å². The van der Waals surface area contributed by atoms with Gasteiger partial charge in [0.2, 0.25) is 0 Å². The molecule has 2 aromatic heterocycles. The lowest BCUT2D eigenvalue weighted by atomic mass is 10.4.